The minimum Gasteiger partial charge on any atom is -0.483 e. The standard InChI is InChI=1S/C14H15FN2O3/c1-8-4-3-5-11(12(8)15)19-7-10-6-9(2)13(20-10)14(18)17-16/h3-6H,7,16H2,1-2H3,(H,17,18). The SMILES string of the molecule is Cc1cc(COc2cccc(C)c2F)oc1C(=O)NN. The van der Waals surface area contributed by atoms with Crippen molar-refractivity contribution in [3.8, 4) is 5.75 Å². The number of hydrazine groups is 1. The molecule has 0 spiro atoms. The van der Waals surface area contributed by atoms with Crippen molar-refractivity contribution in [2.24, 2.45) is 5.84 Å². The first kappa shape index (κ1) is 14.1. The zero-order valence-corrected chi connectivity index (χ0v) is 11.2. The molecule has 0 aliphatic rings. The summed E-state index contributed by atoms with van der Waals surface area (Å²) in [6.45, 7) is 3.40. The highest BCUT2D eigenvalue weighted by atomic mass is 19.1. The zero-order valence-electron chi connectivity index (χ0n) is 11.2. The number of carbonyl (C=O) groups excluding carboxylic acids is 1. The fourth-order valence-electron chi connectivity index (χ4n) is 1.79. The van der Waals surface area contributed by atoms with Gasteiger partial charge in [0.15, 0.2) is 17.3 Å². The maximum Gasteiger partial charge on any atom is 0.301 e. The summed E-state index contributed by atoms with van der Waals surface area (Å²) in [5, 5.41) is 0. The lowest BCUT2D eigenvalue weighted by Crippen LogP contribution is -2.30. The van der Waals surface area contributed by atoms with Gasteiger partial charge in [-0.2, -0.15) is 0 Å². The summed E-state index contributed by atoms with van der Waals surface area (Å²) in [5.74, 6) is 4.80. The largest absolute Gasteiger partial charge is 0.483 e. The molecule has 1 aromatic carbocycles. The number of nitrogens with two attached hydrogens (primary N) is 1. The van der Waals surface area contributed by atoms with Gasteiger partial charge >= 0.3 is 5.91 Å². The summed E-state index contributed by atoms with van der Waals surface area (Å²) in [5.41, 5.74) is 3.13. The zero-order chi connectivity index (χ0) is 14.7. The highest BCUT2D eigenvalue weighted by Gasteiger charge is 2.15. The van der Waals surface area contributed by atoms with Gasteiger partial charge in [0.05, 0.1) is 0 Å². The molecule has 1 amide bonds. The average Bonchev–Trinajstić information content (AvgIpc) is 2.81. The third kappa shape index (κ3) is 2.80. The number of aryl methyl sites for hydroxylation is 2. The van der Waals surface area contributed by atoms with Gasteiger partial charge in [-0.05, 0) is 31.5 Å². The highest BCUT2D eigenvalue weighted by Crippen LogP contribution is 2.22. The number of nitrogens with one attached hydrogen (secondary N) is 1. The Hall–Kier alpha value is -2.34. The Morgan fingerprint density at radius 1 is 1.40 bits per heavy atom. The van der Waals surface area contributed by atoms with Crippen molar-refractivity contribution in [3.63, 3.8) is 0 Å². The molecule has 2 aromatic rings. The molecule has 106 valence electrons. The van der Waals surface area contributed by atoms with Crippen molar-refractivity contribution in [3.05, 3.63) is 52.7 Å². The number of rotatable bonds is 4. The molecule has 0 aliphatic carbocycles. The van der Waals surface area contributed by atoms with Crippen LogP contribution < -0.4 is 16.0 Å². The van der Waals surface area contributed by atoms with Gasteiger partial charge in [0, 0.05) is 5.56 Å². The summed E-state index contributed by atoms with van der Waals surface area (Å²) in [6.07, 6.45) is 0. The number of hydrogen-bond donors (Lipinski definition) is 2. The topological polar surface area (TPSA) is 77.5 Å². The molecule has 0 radical (unpaired) electrons. The van der Waals surface area contributed by atoms with E-state index >= 15 is 0 Å². The first-order valence-corrected chi connectivity index (χ1v) is 6.01. The summed E-state index contributed by atoms with van der Waals surface area (Å²) in [7, 11) is 0. The Bertz CT molecular complexity index is 637. The molecule has 0 saturated heterocycles. The first-order chi connectivity index (χ1) is 9.52. The van der Waals surface area contributed by atoms with E-state index in [4.69, 9.17) is 15.0 Å². The predicted octanol–water partition coefficient (Wildman–Crippen LogP) is 2.22. The van der Waals surface area contributed by atoms with Gasteiger partial charge in [0.1, 0.15) is 12.4 Å². The second kappa shape index (κ2) is 5.75. The van der Waals surface area contributed by atoms with Gasteiger partial charge in [-0.25, -0.2) is 10.2 Å². The molecule has 5 nitrogen and oxygen atoms in total. The molecule has 6 heteroatoms. The Morgan fingerprint density at radius 3 is 2.85 bits per heavy atom. The molecule has 0 unspecified atom stereocenters. The van der Waals surface area contributed by atoms with Gasteiger partial charge in [-0.15, -0.1) is 0 Å². The van der Waals surface area contributed by atoms with Crippen molar-refractivity contribution >= 4 is 5.91 Å². The molecule has 3 N–H and O–H groups in total. The van der Waals surface area contributed by atoms with Crippen LogP contribution in [0, 0.1) is 19.7 Å². The minimum atomic E-state index is -0.518. The van der Waals surface area contributed by atoms with E-state index in [9.17, 15) is 9.18 Å². The van der Waals surface area contributed by atoms with E-state index in [2.05, 4.69) is 0 Å². The Morgan fingerprint density at radius 2 is 2.15 bits per heavy atom. The van der Waals surface area contributed by atoms with Crippen molar-refractivity contribution in [1.82, 2.24) is 5.43 Å². The molecule has 1 heterocycles. The molecular weight excluding hydrogens is 263 g/mol. The number of halogens is 1. The molecular formula is C14H15FN2O3. The molecule has 2 rings (SSSR count). The van der Waals surface area contributed by atoms with E-state index < -0.39 is 11.7 Å². The van der Waals surface area contributed by atoms with Crippen LogP contribution in [-0.2, 0) is 6.61 Å². The second-order valence-corrected chi connectivity index (χ2v) is 4.37. The number of amides is 1. The van der Waals surface area contributed by atoms with Crippen LogP contribution in [0.1, 0.15) is 27.4 Å². The van der Waals surface area contributed by atoms with Crippen molar-refractivity contribution in [1.29, 1.82) is 0 Å². The minimum absolute atomic E-state index is 0.0268. The lowest BCUT2D eigenvalue weighted by Gasteiger charge is -2.06. The molecule has 1 aromatic heterocycles. The van der Waals surface area contributed by atoms with Crippen LogP contribution in [0.15, 0.2) is 28.7 Å². The number of hydrogen-bond acceptors (Lipinski definition) is 4. The number of benzene rings is 1. The maximum absolute atomic E-state index is 13.7. The lowest BCUT2D eigenvalue weighted by atomic mass is 10.2. The monoisotopic (exact) mass is 278 g/mol. The third-order valence-corrected chi connectivity index (χ3v) is 2.83. The van der Waals surface area contributed by atoms with Crippen LogP contribution in [0.25, 0.3) is 0 Å². The molecule has 0 atom stereocenters. The van der Waals surface area contributed by atoms with Crippen LogP contribution in [0.5, 0.6) is 5.75 Å². The first-order valence-electron chi connectivity index (χ1n) is 6.01. The van der Waals surface area contributed by atoms with E-state index in [0.717, 1.165) is 0 Å². The van der Waals surface area contributed by atoms with Crippen molar-refractivity contribution in [2.75, 3.05) is 0 Å². The number of ether oxygens (including phenoxy) is 1. The Balaban J connectivity index is 2.12. The van der Waals surface area contributed by atoms with Gasteiger partial charge in [0.25, 0.3) is 0 Å². The van der Waals surface area contributed by atoms with Crippen LogP contribution in [0.3, 0.4) is 0 Å². The van der Waals surface area contributed by atoms with Crippen molar-refractivity contribution < 1.29 is 18.3 Å². The van der Waals surface area contributed by atoms with E-state index in [1.807, 2.05) is 5.43 Å². The third-order valence-electron chi connectivity index (χ3n) is 2.83. The Labute approximate surface area is 115 Å². The summed E-state index contributed by atoms with van der Waals surface area (Å²) in [4.78, 5) is 11.4. The molecule has 0 fully saturated rings. The van der Waals surface area contributed by atoms with Gasteiger partial charge < -0.3 is 9.15 Å². The number of carbonyl (C=O) groups is 1. The van der Waals surface area contributed by atoms with Crippen LogP contribution in [0.2, 0.25) is 0 Å². The Kier molecular flexibility index (Phi) is 4.05. The van der Waals surface area contributed by atoms with Crippen molar-refractivity contribution in [2.45, 2.75) is 20.5 Å². The average molecular weight is 278 g/mol. The van der Waals surface area contributed by atoms with Gasteiger partial charge in [-0.3, -0.25) is 10.2 Å². The quantitative estimate of drug-likeness (QED) is 0.510. The van der Waals surface area contributed by atoms with Crippen LogP contribution >= 0.6 is 0 Å². The highest BCUT2D eigenvalue weighted by molar-refractivity contribution is 5.92. The fraction of sp³-hybridized carbons (Fsp3) is 0.214. The number of furan rings is 1. The van der Waals surface area contributed by atoms with Crippen LogP contribution in [0.4, 0.5) is 4.39 Å². The predicted molar refractivity (Wildman–Crippen MR) is 70.6 cm³/mol. The maximum atomic E-state index is 13.7. The molecule has 0 saturated carbocycles. The normalized spacial score (nSPS) is 10.4. The van der Waals surface area contributed by atoms with Gasteiger partial charge in [0.2, 0.25) is 0 Å². The number of nitrogen functional groups attached to an aromatic ring is 1. The molecule has 20 heavy (non-hydrogen) atoms. The molecule has 0 aliphatic heterocycles. The summed E-state index contributed by atoms with van der Waals surface area (Å²) < 4.78 is 24.4. The van der Waals surface area contributed by atoms with Gasteiger partial charge in [-0.1, -0.05) is 12.1 Å². The smallest absolute Gasteiger partial charge is 0.301 e. The van der Waals surface area contributed by atoms with E-state index in [1.54, 1.807) is 32.0 Å². The van der Waals surface area contributed by atoms with Crippen LogP contribution in [-0.4, -0.2) is 5.91 Å². The lowest BCUT2D eigenvalue weighted by molar-refractivity contribution is 0.0921. The summed E-state index contributed by atoms with van der Waals surface area (Å²) in [6, 6.07) is 6.54. The van der Waals surface area contributed by atoms with E-state index in [0.29, 0.717) is 16.9 Å². The summed E-state index contributed by atoms with van der Waals surface area (Å²) >= 11 is 0. The molecule has 0 bridgehead atoms. The van der Waals surface area contributed by atoms with E-state index in [1.165, 1.54) is 6.07 Å². The van der Waals surface area contributed by atoms with E-state index in [-0.39, 0.29) is 18.1 Å². The fourth-order valence-corrected chi connectivity index (χ4v) is 1.79. The second-order valence-electron chi connectivity index (χ2n) is 4.37.